The summed E-state index contributed by atoms with van der Waals surface area (Å²) in [6.07, 6.45) is 9.69. The molecule has 21 heavy (non-hydrogen) atoms. The fraction of sp³-hybridized carbons (Fsp3) is 0.812. The van der Waals surface area contributed by atoms with Crippen molar-refractivity contribution in [2.24, 2.45) is 5.92 Å². The molecule has 2 aliphatic heterocycles. The van der Waals surface area contributed by atoms with Crippen molar-refractivity contribution in [1.82, 2.24) is 10.2 Å². The van der Waals surface area contributed by atoms with Crippen molar-refractivity contribution >= 4 is 6.03 Å². The summed E-state index contributed by atoms with van der Waals surface area (Å²) in [5.41, 5.74) is 0. The lowest BCUT2D eigenvalue weighted by Crippen LogP contribution is -2.52. The molecule has 2 amide bonds. The molecule has 118 valence electrons. The molecule has 0 aromatic rings. The second kappa shape index (κ2) is 6.36. The smallest absolute Gasteiger partial charge is 0.317 e. The molecule has 2 heterocycles. The van der Waals surface area contributed by atoms with Crippen molar-refractivity contribution in [2.75, 3.05) is 26.3 Å². The minimum atomic E-state index is -0.510. The number of allylic oxidation sites excluding steroid dienone is 1. The normalized spacial score (nSPS) is 32.1. The number of rotatable bonds is 2. The zero-order valence-corrected chi connectivity index (χ0v) is 12.8. The zero-order chi connectivity index (χ0) is 14.7. The van der Waals surface area contributed by atoms with E-state index in [4.69, 9.17) is 9.47 Å². The van der Waals surface area contributed by atoms with Crippen molar-refractivity contribution in [3.63, 3.8) is 0 Å². The van der Waals surface area contributed by atoms with Crippen LogP contribution in [0.1, 0.15) is 39.0 Å². The highest BCUT2D eigenvalue weighted by Crippen LogP contribution is 2.34. The largest absolute Gasteiger partial charge is 0.347 e. The molecular weight excluding hydrogens is 268 g/mol. The van der Waals surface area contributed by atoms with Gasteiger partial charge in [-0.05, 0) is 39.0 Å². The first-order valence-corrected chi connectivity index (χ1v) is 8.17. The second-order valence-electron chi connectivity index (χ2n) is 6.41. The van der Waals surface area contributed by atoms with Crippen LogP contribution < -0.4 is 5.32 Å². The fourth-order valence-corrected chi connectivity index (χ4v) is 3.54. The predicted octanol–water partition coefficient (Wildman–Crippen LogP) is 2.28. The highest BCUT2D eigenvalue weighted by atomic mass is 16.7. The van der Waals surface area contributed by atoms with Gasteiger partial charge < -0.3 is 19.7 Å². The molecule has 3 aliphatic rings. The molecule has 0 aromatic heterocycles. The van der Waals surface area contributed by atoms with Crippen LogP contribution in [0.15, 0.2) is 12.2 Å². The van der Waals surface area contributed by atoms with Crippen molar-refractivity contribution < 1.29 is 14.3 Å². The van der Waals surface area contributed by atoms with Gasteiger partial charge in [0.1, 0.15) is 0 Å². The third-order valence-corrected chi connectivity index (χ3v) is 4.87. The van der Waals surface area contributed by atoms with Gasteiger partial charge in [0.2, 0.25) is 0 Å². The number of hydrogen-bond acceptors (Lipinski definition) is 3. The van der Waals surface area contributed by atoms with Crippen LogP contribution in [0, 0.1) is 5.92 Å². The van der Waals surface area contributed by atoms with E-state index >= 15 is 0 Å². The monoisotopic (exact) mass is 294 g/mol. The Morgan fingerprint density at radius 3 is 2.81 bits per heavy atom. The van der Waals surface area contributed by atoms with E-state index in [1.165, 1.54) is 0 Å². The van der Waals surface area contributed by atoms with Crippen LogP contribution in [0.4, 0.5) is 4.79 Å². The molecule has 0 aromatic carbocycles. The molecule has 5 heteroatoms. The van der Waals surface area contributed by atoms with Crippen LogP contribution in [0.2, 0.25) is 0 Å². The summed E-state index contributed by atoms with van der Waals surface area (Å²) in [4.78, 5) is 14.4. The second-order valence-corrected chi connectivity index (χ2v) is 6.41. The number of nitrogens with one attached hydrogen (secondary N) is 1. The maximum atomic E-state index is 12.4. The van der Waals surface area contributed by atoms with Crippen molar-refractivity contribution in [2.45, 2.75) is 50.9 Å². The van der Waals surface area contributed by atoms with Gasteiger partial charge in [-0.3, -0.25) is 0 Å². The standard InChI is InChI=1S/C16H26N2O3/c1-16(20-10-11-21-16)13-6-5-9-18(12-13)15(19)17-14-7-3-2-4-8-14/h3,7,13-14H,2,4-6,8-12H2,1H3,(H,17,19). The van der Waals surface area contributed by atoms with E-state index in [2.05, 4.69) is 17.5 Å². The van der Waals surface area contributed by atoms with E-state index in [0.29, 0.717) is 13.2 Å². The number of hydrogen-bond donors (Lipinski definition) is 1. The summed E-state index contributed by atoms with van der Waals surface area (Å²) in [5, 5.41) is 3.13. The van der Waals surface area contributed by atoms with Crippen LogP contribution >= 0.6 is 0 Å². The Balaban J connectivity index is 1.56. The maximum absolute atomic E-state index is 12.4. The van der Waals surface area contributed by atoms with Crippen LogP contribution in [0.25, 0.3) is 0 Å². The molecule has 0 spiro atoms. The quantitative estimate of drug-likeness (QED) is 0.795. The SMILES string of the molecule is CC1(C2CCCN(C(=O)NC3C=CCCC3)C2)OCCO1. The van der Waals surface area contributed by atoms with Crippen LogP contribution in [-0.2, 0) is 9.47 Å². The van der Waals surface area contributed by atoms with Crippen LogP contribution in [0.5, 0.6) is 0 Å². The van der Waals surface area contributed by atoms with Gasteiger partial charge in [-0.2, -0.15) is 0 Å². The topological polar surface area (TPSA) is 50.8 Å². The maximum Gasteiger partial charge on any atom is 0.317 e. The molecule has 0 radical (unpaired) electrons. The molecule has 2 fully saturated rings. The highest BCUT2D eigenvalue weighted by Gasteiger charge is 2.42. The Morgan fingerprint density at radius 1 is 1.29 bits per heavy atom. The lowest BCUT2D eigenvalue weighted by atomic mass is 9.90. The molecule has 3 rings (SSSR count). The van der Waals surface area contributed by atoms with Gasteiger partial charge in [0.15, 0.2) is 5.79 Å². The Hall–Kier alpha value is -1.07. The number of nitrogens with zero attached hydrogens (tertiary/aromatic N) is 1. The van der Waals surface area contributed by atoms with E-state index in [9.17, 15) is 4.79 Å². The molecule has 2 unspecified atom stereocenters. The number of amides is 2. The highest BCUT2D eigenvalue weighted by molar-refractivity contribution is 5.75. The molecular formula is C16H26N2O3. The lowest BCUT2D eigenvalue weighted by Gasteiger charge is -2.40. The number of carbonyl (C=O) groups is 1. The molecule has 1 N–H and O–H groups in total. The van der Waals surface area contributed by atoms with E-state index in [0.717, 1.165) is 45.2 Å². The molecule has 2 saturated heterocycles. The minimum absolute atomic E-state index is 0.0536. The third-order valence-electron chi connectivity index (χ3n) is 4.87. The number of urea groups is 1. The number of piperidine rings is 1. The summed E-state index contributed by atoms with van der Waals surface area (Å²) in [6.45, 7) is 4.88. The molecule has 5 nitrogen and oxygen atoms in total. The van der Waals surface area contributed by atoms with E-state index < -0.39 is 5.79 Å². The number of carbonyl (C=O) groups excluding carboxylic acids is 1. The van der Waals surface area contributed by atoms with Crippen LogP contribution in [0.3, 0.4) is 0 Å². The first-order valence-electron chi connectivity index (χ1n) is 8.17. The summed E-state index contributed by atoms with van der Waals surface area (Å²) in [5.74, 6) is -0.245. The summed E-state index contributed by atoms with van der Waals surface area (Å²) < 4.78 is 11.5. The lowest BCUT2D eigenvalue weighted by molar-refractivity contribution is -0.189. The Kier molecular flexibility index (Phi) is 4.50. The van der Waals surface area contributed by atoms with E-state index in [-0.39, 0.29) is 18.0 Å². The van der Waals surface area contributed by atoms with Gasteiger partial charge in [0.05, 0.1) is 13.2 Å². The van der Waals surface area contributed by atoms with Crippen molar-refractivity contribution in [3.05, 3.63) is 12.2 Å². The van der Waals surface area contributed by atoms with Gasteiger partial charge in [-0.25, -0.2) is 4.79 Å². The minimum Gasteiger partial charge on any atom is -0.347 e. The van der Waals surface area contributed by atoms with Crippen LogP contribution in [-0.4, -0.2) is 49.1 Å². The van der Waals surface area contributed by atoms with Gasteiger partial charge in [0, 0.05) is 25.0 Å². The number of likely N-dealkylation sites (tertiary alicyclic amines) is 1. The summed E-state index contributed by atoms with van der Waals surface area (Å²) in [6, 6.07) is 0.249. The Bertz CT molecular complexity index is 404. The molecule has 2 atom stereocenters. The van der Waals surface area contributed by atoms with Gasteiger partial charge in [-0.15, -0.1) is 0 Å². The van der Waals surface area contributed by atoms with Gasteiger partial charge in [0.25, 0.3) is 0 Å². The average molecular weight is 294 g/mol. The van der Waals surface area contributed by atoms with Gasteiger partial charge >= 0.3 is 6.03 Å². The predicted molar refractivity (Wildman–Crippen MR) is 79.9 cm³/mol. The fourth-order valence-electron chi connectivity index (χ4n) is 3.54. The third kappa shape index (κ3) is 3.40. The number of ether oxygens (including phenoxy) is 2. The zero-order valence-electron chi connectivity index (χ0n) is 12.8. The average Bonchev–Trinajstić information content (AvgIpc) is 2.97. The summed E-state index contributed by atoms with van der Waals surface area (Å²) in [7, 11) is 0. The van der Waals surface area contributed by atoms with Gasteiger partial charge in [-0.1, -0.05) is 12.2 Å². The van der Waals surface area contributed by atoms with Crippen molar-refractivity contribution in [3.8, 4) is 0 Å². The molecule has 0 saturated carbocycles. The van der Waals surface area contributed by atoms with E-state index in [1.54, 1.807) is 0 Å². The first-order chi connectivity index (χ1) is 10.2. The first kappa shape index (κ1) is 14.9. The molecule has 1 aliphatic carbocycles. The summed E-state index contributed by atoms with van der Waals surface area (Å²) >= 11 is 0. The van der Waals surface area contributed by atoms with E-state index in [1.807, 2.05) is 11.8 Å². The Morgan fingerprint density at radius 2 is 2.10 bits per heavy atom. The van der Waals surface area contributed by atoms with Crippen molar-refractivity contribution in [1.29, 1.82) is 0 Å². The molecule has 0 bridgehead atoms. The Labute approximate surface area is 126 Å².